The molecule has 0 fully saturated rings. The van der Waals surface area contributed by atoms with E-state index in [2.05, 4.69) is 46.6 Å². The minimum absolute atomic E-state index is 0.258. The van der Waals surface area contributed by atoms with E-state index in [1.54, 1.807) is 16.5 Å². The first-order valence-electron chi connectivity index (χ1n) is 13.8. The summed E-state index contributed by atoms with van der Waals surface area (Å²) in [7, 11) is 0. The molecule has 3 aromatic carbocycles. The number of carbonyl (C=O) groups excluding carboxylic acids is 2. The molecule has 0 bridgehead atoms. The molecule has 3 N–H and O–H groups in total. The molecule has 3 aromatic rings. The molecule has 208 valence electrons. The molecule has 0 spiro atoms. The maximum atomic E-state index is 12.8. The monoisotopic (exact) mass is 540 g/mol. The highest BCUT2D eigenvalue weighted by Gasteiger charge is 2.24. The molecular weight excluding hydrogens is 504 g/mol. The van der Waals surface area contributed by atoms with Crippen molar-refractivity contribution >= 4 is 23.8 Å². The van der Waals surface area contributed by atoms with E-state index in [-0.39, 0.29) is 6.09 Å². The first kappa shape index (κ1) is 27.4. The summed E-state index contributed by atoms with van der Waals surface area (Å²) in [6.07, 6.45) is 4.52. The van der Waals surface area contributed by atoms with Gasteiger partial charge in [0.05, 0.1) is 0 Å². The molecule has 2 aliphatic heterocycles. The zero-order valence-corrected chi connectivity index (χ0v) is 22.6. The molecule has 0 aromatic heterocycles. The van der Waals surface area contributed by atoms with Gasteiger partial charge in [0.2, 0.25) is 0 Å². The normalized spacial score (nSPS) is 15.9. The Morgan fingerprint density at radius 2 is 1.80 bits per heavy atom. The summed E-state index contributed by atoms with van der Waals surface area (Å²) >= 11 is 0. The van der Waals surface area contributed by atoms with E-state index in [0.29, 0.717) is 32.2 Å². The maximum Gasteiger partial charge on any atom is 0.410 e. The smallest absolute Gasteiger partial charge is 0.410 e. The van der Waals surface area contributed by atoms with E-state index in [1.807, 2.05) is 36.4 Å². The van der Waals surface area contributed by atoms with Crippen molar-refractivity contribution in [1.29, 1.82) is 0 Å². The van der Waals surface area contributed by atoms with Crippen LogP contribution in [0.4, 0.5) is 10.5 Å². The fraction of sp³-hybridized carbons (Fsp3) is 0.312. The average Bonchev–Trinajstić information content (AvgIpc) is 3.42. The Hall–Kier alpha value is -4.14. The lowest BCUT2D eigenvalue weighted by Gasteiger charge is -2.29. The fourth-order valence-electron chi connectivity index (χ4n) is 5.43. The number of rotatable bonds is 10. The van der Waals surface area contributed by atoms with Gasteiger partial charge in [-0.15, -0.1) is 0 Å². The minimum Gasteiger partial charge on any atom is -0.448 e. The molecule has 5 rings (SSSR count). The molecule has 8 heteroatoms. The second kappa shape index (κ2) is 13.3. The van der Waals surface area contributed by atoms with Crippen LogP contribution in [-0.4, -0.2) is 59.8 Å². The van der Waals surface area contributed by atoms with Crippen molar-refractivity contribution in [2.75, 3.05) is 38.1 Å². The van der Waals surface area contributed by atoms with Crippen LogP contribution in [0.15, 0.2) is 78.9 Å². The zero-order chi connectivity index (χ0) is 27.7. The van der Waals surface area contributed by atoms with Crippen LogP contribution in [0.1, 0.15) is 40.2 Å². The molecular formula is C32H36N4O4. The predicted molar refractivity (Wildman–Crippen MR) is 155 cm³/mol. The van der Waals surface area contributed by atoms with Crippen molar-refractivity contribution in [3.05, 3.63) is 107 Å². The van der Waals surface area contributed by atoms with Gasteiger partial charge >= 0.3 is 6.09 Å². The second-order valence-corrected chi connectivity index (χ2v) is 10.3. The van der Waals surface area contributed by atoms with Gasteiger partial charge in [-0.3, -0.25) is 14.9 Å². The minimum atomic E-state index is -0.568. The number of hydrogen-bond donors (Lipinski definition) is 3. The van der Waals surface area contributed by atoms with Crippen LogP contribution in [0.5, 0.6) is 0 Å². The lowest BCUT2D eigenvalue weighted by atomic mass is 9.97. The summed E-state index contributed by atoms with van der Waals surface area (Å²) in [4.78, 5) is 28.2. The number of hydrogen-bond acceptors (Lipinski definition) is 6. The van der Waals surface area contributed by atoms with Gasteiger partial charge in [0, 0.05) is 50.4 Å². The van der Waals surface area contributed by atoms with Gasteiger partial charge in [0.15, 0.2) is 0 Å². The van der Waals surface area contributed by atoms with Gasteiger partial charge < -0.3 is 15.0 Å². The summed E-state index contributed by atoms with van der Waals surface area (Å²) in [5.74, 6) is -0.124. The van der Waals surface area contributed by atoms with Gasteiger partial charge in [-0.1, -0.05) is 66.7 Å². The number of nitrogens with one attached hydrogen (secondary N) is 2. The zero-order valence-electron chi connectivity index (χ0n) is 22.6. The Kier molecular flexibility index (Phi) is 9.11. The maximum absolute atomic E-state index is 12.8. The Morgan fingerprint density at radius 3 is 2.62 bits per heavy atom. The SMILES string of the molecule is O=C(/C=C/c1ccc(CN(CCOC(=O)N2CCc3ccccc3C2)CCC2CNc3ccccc32)cc1)NO. The van der Waals surface area contributed by atoms with E-state index in [9.17, 15) is 9.59 Å². The summed E-state index contributed by atoms with van der Waals surface area (Å²) < 4.78 is 5.74. The fourth-order valence-corrected chi connectivity index (χ4v) is 5.43. The average molecular weight is 541 g/mol. The molecule has 1 unspecified atom stereocenters. The Labute approximate surface area is 235 Å². The summed E-state index contributed by atoms with van der Waals surface area (Å²) in [5.41, 5.74) is 8.66. The highest BCUT2D eigenvalue weighted by atomic mass is 16.6. The first-order valence-corrected chi connectivity index (χ1v) is 13.8. The number of anilines is 1. The van der Waals surface area contributed by atoms with Gasteiger partial charge in [-0.05, 0) is 59.3 Å². The molecule has 2 amide bonds. The summed E-state index contributed by atoms with van der Waals surface area (Å²) in [5, 5.41) is 12.2. The first-order chi connectivity index (χ1) is 19.6. The van der Waals surface area contributed by atoms with Crippen LogP contribution in [0.25, 0.3) is 6.08 Å². The summed E-state index contributed by atoms with van der Waals surface area (Å²) in [6, 6.07) is 24.7. The number of para-hydroxylation sites is 1. The topological polar surface area (TPSA) is 94.1 Å². The van der Waals surface area contributed by atoms with E-state index >= 15 is 0 Å². The van der Waals surface area contributed by atoms with Gasteiger partial charge in [0.25, 0.3) is 5.91 Å². The van der Waals surface area contributed by atoms with Gasteiger partial charge in [0.1, 0.15) is 6.61 Å². The molecule has 8 nitrogen and oxygen atoms in total. The van der Waals surface area contributed by atoms with Crippen LogP contribution < -0.4 is 10.8 Å². The van der Waals surface area contributed by atoms with Crippen LogP contribution >= 0.6 is 0 Å². The lowest BCUT2D eigenvalue weighted by molar-refractivity contribution is -0.124. The Balaban J connectivity index is 1.18. The largest absolute Gasteiger partial charge is 0.448 e. The highest BCUT2D eigenvalue weighted by molar-refractivity contribution is 5.90. The molecule has 0 radical (unpaired) electrons. The number of amides is 2. The van der Waals surface area contributed by atoms with Crippen molar-refractivity contribution in [2.24, 2.45) is 0 Å². The molecule has 0 saturated heterocycles. The number of benzene rings is 3. The van der Waals surface area contributed by atoms with Crippen LogP contribution in [0, 0.1) is 0 Å². The molecule has 2 heterocycles. The third-order valence-electron chi connectivity index (χ3n) is 7.68. The standard InChI is InChI=1S/C32H36N4O4/c37-31(34-39)14-13-24-9-11-25(12-10-24)22-35(17-15-27-21-33-30-8-4-3-7-29(27)30)19-20-40-32(38)36-18-16-26-5-1-2-6-28(26)23-36/h1-14,27,33,39H,15-23H2,(H,34,37)/b14-13+. The predicted octanol–water partition coefficient (Wildman–Crippen LogP) is 4.80. The van der Waals surface area contributed by atoms with E-state index in [4.69, 9.17) is 9.94 Å². The molecule has 1 atom stereocenters. The quantitative estimate of drug-likeness (QED) is 0.194. The van der Waals surface area contributed by atoms with Crippen molar-refractivity contribution < 1.29 is 19.5 Å². The number of carbonyl (C=O) groups is 2. The number of nitrogens with zero attached hydrogens (tertiary/aromatic N) is 2. The Bertz CT molecular complexity index is 1340. The third-order valence-corrected chi connectivity index (χ3v) is 7.68. The van der Waals surface area contributed by atoms with Crippen molar-refractivity contribution in [1.82, 2.24) is 15.3 Å². The molecule has 2 aliphatic rings. The van der Waals surface area contributed by atoms with E-state index < -0.39 is 5.91 Å². The van der Waals surface area contributed by atoms with Crippen LogP contribution in [0.3, 0.4) is 0 Å². The lowest BCUT2D eigenvalue weighted by Crippen LogP contribution is -2.38. The number of fused-ring (bicyclic) bond motifs is 2. The highest BCUT2D eigenvalue weighted by Crippen LogP contribution is 2.33. The van der Waals surface area contributed by atoms with Crippen molar-refractivity contribution in [2.45, 2.75) is 31.8 Å². The van der Waals surface area contributed by atoms with Crippen molar-refractivity contribution in [3.63, 3.8) is 0 Å². The van der Waals surface area contributed by atoms with Crippen molar-refractivity contribution in [3.8, 4) is 0 Å². The number of hydroxylamine groups is 1. The Morgan fingerprint density at radius 1 is 1.02 bits per heavy atom. The van der Waals surface area contributed by atoms with Crippen LogP contribution in [0.2, 0.25) is 0 Å². The second-order valence-electron chi connectivity index (χ2n) is 10.3. The van der Waals surface area contributed by atoms with Crippen LogP contribution in [-0.2, 0) is 29.0 Å². The molecule has 40 heavy (non-hydrogen) atoms. The van der Waals surface area contributed by atoms with E-state index in [0.717, 1.165) is 43.6 Å². The molecule has 0 saturated carbocycles. The third kappa shape index (κ3) is 7.08. The van der Waals surface area contributed by atoms with E-state index in [1.165, 1.54) is 28.5 Å². The summed E-state index contributed by atoms with van der Waals surface area (Å²) in [6.45, 7) is 4.75. The number of ether oxygens (including phenoxy) is 1. The molecule has 0 aliphatic carbocycles. The van der Waals surface area contributed by atoms with Gasteiger partial charge in [-0.2, -0.15) is 0 Å². The van der Waals surface area contributed by atoms with Gasteiger partial charge in [-0.25, -0.2) is 10.3 Å².